The Morgan fingerprint density at radius 1 is 0.917 bits per heavy atom. The summed E-state index contributed by atoms with van der Waals surface area (Å²) in [7, 11) is 0. The van der Waals surface area contributed by atoms with Gasteiger partial charge in [0.25, 0.3) is 0 Å². The van der Waals surface area contributed by atoms with E-state index in [9.17, 15) is 9.59 Å². The lowest BCUT2D eigenvalue weighted by Crippen LogP contribution is -2.39. The smallest absolute Gasteiger partial charge is 0.320 e. The lowest BCUT2D eigenvalue weighted by Gasteiger charge is -2.26. The highest BCUT2D eigenvalue weighted by Crippen LogP contribution is 2.11. The van der Waals surface area contributed by atoms with E-state index in [0.29, 0.717) is 6.54 Å². The molecule has 0 radical (unpaired) electrons. The van der Waals surface area contributed by atoms with Gasteiger partial charge in [0, 0.05) is 18.9 Å². The zero-order chi connectivity index (χ0) is 18.4. The van der Waals surface area contributed by atoms with Crippen LogP contribution in [-0.4, -0.2) is 46.1 Å². The van der Waals surface area contributed by atoms with Gasteiger partial charge in [0.1, 0.15) is 11.2 Å². The average molecular weight is 336 g/mol. The highest BCUT2D eigenvalue weighted by atomic mass is 16.6. The van der Waals surface area contributed by atoms with Gasteiger partial charge in [-0.15, -0.1) is 0 Å². The highest BCUT2D eigenvalue weighted by molar-refractivity contribution is 5.75. The molecule has 0 spiro atoms. The van der Waals surface area contributed by atoms with Crippen LogP contribution in [0.4, 0.5) is 0 Å². The summed E-state index contributed by atoms with van der Waals surface area (Å²) in [5, 5.41) is 0. The van der Waals surface area contributed by atoms with Gasteiger partial charge in [0.05, 0.1) is 13.1 Å². The number of ether oxygens (including phenoxy) is 2. The van der Waals surface area contributed by atoms with E-state index in [0.717, 1.165) is 5.56 Å². The van der Waals surface area contributed by atoms with Crippen molar-refractivity contribution in [3.05, 3.63) is 30.1 Å². The maximum absolute atomic E-state index is 12.1. The van der Waals surface area contributed by atoms with E-state index < -0.39 is 11.2 Å². The summed E-state index contributed by atoms with van der Waals surface area (Å²) in [6.45, 7) is 11.3. The van der Waals surface area contributed by atoms with Crippen LogP contribution in [0, 0.1) is 0 Å². The highest BCUT2D eigenvalue weighted by Gasteiger charge is 2.23. The molecule has 0 atom stereocenters. The van der Waals surface area contributed by atoms with Crippen LogP contribution in [0.3, 0.4) is 0 Å². The van der Waals surface area contributed by atoms with E-state index in [1.54, 1.807) is 17.3 Å². The van der Waals surface area contributed by atoms with Crippen molar-refractivity contribution in [1.82, 2.24) is 9.88 Å². The lowest BCUT2D eigenvalue weighted by atomic mass is 10.2. The van der Waals surface area contributed by atoms with E-state index in [4.69, 9.17) is 9.47 Å². The maximum atomic E-state index is 12.1. The first-order valence-electron chi connectivity index (χ1n) is 7.99. The number of carbonyl (C=O) groups excluding carboxylic acids is 2. The van der Waals surface area contributed by atoms with Gasteiger partial charge in [-0.1, -0.05) is 0 Å². The van der Waals surface area contributed by atoms with E-state index in [-0.39, 0.29) is 25.0 Å². The van der Waals surface area contributed by atoms with Crippen LogP contribution in [-0.2, 0) is 25.6 Å². The molecular formula is C18H28N2O4. The molecule has 0 amide bonds. The Kier molecular flexibility index (Phi) is 6.90. The summed E-state index contributed by atoms with van der Waals surface area (Å²) in [6.07, 6.45) is 3.35. The van der Waals surface area contributed by atoms with Crippen LogP contribution >= 0.6 is 0 Å². The van der Waals surface area contributed by atoms with Crippen LogP contribution in [0.25, 0.3) is 0 Å². The summed E-state index contributed by atoms with van der Waals surface area (Å²) in [5.74, 6) is -0.750. The molecule has 0 bridgehead atoms. The third-order valence-corrected chi connectivity index (χ3v) is 2.70. The Morgan fingerprint density at radius 2 is 1.33 bits per heavy atom. The second kappa shape index (κ2) is 8.24. The topological polar surface area (TPSA) is 68.7 Å². The minimum atomic E-state index is -0.564. The Bertz CT molecular complexity index is 514. The monoisotopic (exact) mass is 336 g/mol. The van der Waals surface area contributed by atoms with Crippen LogP contribution in [0.5, 0.6) is 0 Å². The molecule has 0 aromatic carbocycles. The van der Waals surface area contributed by atoms with Gasteiger partial charge in [0.2, 0.25) is 0 Å². The molecule has 134 valence electrons. The molecule has 0 saturated heterocycles. The Hall–Kier alpha value is -1.95. The third kappa shape index (κ3) is 9.25. The molecule has 6 nitrogen and oxygen atoms in total. The SMILES string of the molecule is CC(C)(C)OC(=O)CN(CC(=O)OC(C)(C)C)Cc1ccncc1. The molecule has 0 aliphatic rings. The van der Waals surface area contributed by atoms with E-state index in [2.05, 4.69) is 4.98 Å². The molecule has 6 heteroatoms. The van der Waals surface area contributed by atoms with Crippen LogP contribution in [0.2, 0.25) is 0 Å². The zero-order valence-electron chi connectivity index (χ0n) is 15.5. The van der Waals surface area contributed by atoms with Crippen molar-refractivity contribution >= 4 is 11.9 Å². The Morgan fingerprint density at radius 3 is 1.71 bits per heavy atom. The first-order valence-corrected chi connectivity index (χ1v) is 7.99. The predicted octanol–water partition coefficient (Wildman–Crippen LogP) is 2.57. The number of hydrogen-bond donors (Lipinski definition) is 0. The number of esters is 2. The minimum absolute atomic E-state index is 0.0127. The molecular weight excluding hydrogens is 308 g/mol. The third-order valence-electron chi connectivity index (χ3n) is 2.70. The van der Waals surface area contributed by atoms with Gasteiger partial charge in [-0.05, 0) is 59.2 Å². The van der Waals surface area contributed by atoms with Gasteiger partial charge in [0.15, 0.2) is 0 Å². The fourth-order valence-electron chi connectivity index (χ4n) is 2.03. The van der Waals surface area contributed by atoms with Gasteiger partial charge >= 0.3 is 11.9 Å². The van der Waals surface area contributed by atoms with E-state index >= 15 is 0 Å². The summed E-state index contributed by atoms with van der Waals surface area (Å²) in [5.41, 5.74) is -0.173. The zero-order valence-corrected chi connectivity index (χ0v) is 15.5. The van der Waals surface area contributed by atoms with Crippen molar-refractivity contribution in [1.29, 1.82) is 0 Å². The fraction of sp³-hybridized carbons (Fsp3) is 0.611. The number of hydrogen-bond acceptors (Lipinski definition) is 6. The van der Waals surface area contributed by atoms with Crippen molar-refractivity contribution in [3.63, 3.8) is 0 Å². The number of aromatic nitrogens is 1. The first-order chi connectivity index (χ1) is 10.9. The van der Waals surface area contributed by atoms with E-state index in [1.165, 1.54) is 0 Å². The summed E-state index contributed by atoms with van der Waals surface area (Å²) < 4.78 is 10.7. The molecule has 24 heavy (non-hydrogen) atoms. The normalized spacial score (nSPS) is 12.1. The largest absolute Gasteiger partial charge is 0.459 e. The summed E-state index contributed by atoms with van der Waals surface area (Å²) >= 11 is 0. The number of carbonyl (C=O) groups is 2. The quantitative estimate of drug-likeness (QED) is 0.744. The number of pyridine rings is 1. The van der Waals surface area contributed by atoms with E-state index in [1.807, 2.05) is 53.7 Å². The Labute approximate surface area is 144 Å². The molecule has 0 N–H and O–H groups in total. The summed E-state index contributed by atoms with van der Waals surface area (Å²) in [4.78, 5) is 29.9. The van der Waals surface area contributed by atoms with Crippen molar-refractivity contribution in [3.8, 4) is 0 Å². The van der Waals surface area contributed by atoms with Gasteiger partial charge in [-0.3, -0.25) is 19.5 Å². The van der Waals surface area contributed by atoms with Crippen LogP contribution in [0.1, 0.15) is 47.1 Å². The molecule has 1 aromatic rings. The average Bonchev–Trinajstić information content (AvgIpc) is 2.34. The van der Waals surface area contributed by atoms with Crippen molar-refractivity contribution < 1.29 is 19.1 Å². The van der Waals surface area contributed by atoms with Crippen LogP contribution in [0.15, 0.2) is 24.5 Å². The van der Waals surface area contributed by atoms with Crippen molar-refractivity contribution in [2.45, 2.75) is 59.3 Å². The number of nitrogens with zero attached hydrogens (tertiary/aromatic N) is 2. The van der Waals surface area contributed by atoms with Crippen LogP contribution < -0.4 is 0 Å². The van der Waals surface area contributed by atoms with Gasteiger partial charge in [-0.25, -0.2) is 0 Å². The standard InChI is InChI=1S/C18H28N2O4/c1-17(2,3)23-15(21)12-20(11-14-7-9-19-10-8-14)13-16(22)24-18(4,5)6/h7-10H,11-13H2,1-6H3. The Balaban J connectivity index is 2.75. The molecule has 0 aliphatic carbocycles. The van der Waals surface area contributed by atoms with Crippen molar-refractivity contribution in [2.75, 3.05) is 13.1 Å². The minimum Gasteiger partial charge on any atom is -0.459 e. The summed E-state index contributed by atoms with van der Waals surface area (Å²) in [6, 6.07) is 3.69. The second-order valence-electron chi connectivity index (χ2n) is 7.67. The van der Waals surface area contributed by atoms with Crippen molar-refractivity contribution in [2.24, 2.45) is 0 Å². The maximum Gasteiger partial charge on any atom is 0.320 e. The van der Waals surface area contributed by atoms with Gasteiger partial charge < -0.3 is 9.47 Å². The molecule has 0 fully saturated rings. The predicted molar refractivity (Wildman–Crippen MR) is 91.2 cm³/mol. The molecule has 1 rings (SSSR count). The molecule has 1 aromatic heterocycles. The molecule has 0 aliphatic heterocycles. The fourth-order valence-corrected chi connectivity index (χ4v) is 2.03. The van der Waals surface area contributed by atoms with Gasteiger partial charge in [-0.2, -0.15) is 0 Å². The first kappa shape index (κ1) is 20.1. The lowest BCUT2D eigenvalue weighted by molar-refractivity contribution is -0.160. The molecule has 0 saturated carbocycles. The number of rotatable bonds is 6. The molecule has 0 unspecified atom stereocenters. The molecule has 1 heterocycles. The second-order valence-corrected chi connectivity index (χ2v) is 7.67.